The van der Waals surface area contributed by atoms with Crippen LogP contribution in [-0.4, -0.2) is 25.2 Å². The van der Waals surface area contributed by atoms with E-state index in [-0.39, 0.29) is 40.9 Å². The summed E-state index contributed by atoms with van der Waals surface area (Å²) in [6, 6.07) is 10.1. The van der Waals surface area contributed by atoms with Gasteiger partial charge in [-0.25, -0.2) is 8.42 Å². The quantitative estimate of drug-likeness (QED) is 0.543. The number of hydrogen-bond acceptors (Lipinski definition) is 5. The van der Waals surface area contributed by atoms with Crippen LogP contribution in [0, 0.1) is 0 Å². The monoisotopic (exact) mass is 290 g/mol. The van der Waals surface area contributed by atoms with Crippen LogP contribution in [0.25, 0.3) is 10.8 Å². The Balaban J connectivity index is 0.00000180. The molecule has 0 fully saturated rings. The molecule has 0 saturated heterocycles. The Labute approximate surface area is 133 Å². The van der Waals surface area contributed by atoms with Gasteiger partial charge in [-0.05, 0) is 16.8 Å². The van der Waals surface area contributed by atoms with Gasteiger partial charge in [0.15, 0.2) is 5.44 Å². The molecule has 1 atom stereocenters. The van der Waals surface area contributed by atoms with E-state index in [1.54, 1.807) is 30.3 Å². The SMILES string of the molecule is COc1ccc2ccccc2c1C(O)S(=O)(=O)[O-].[Na+]. The second-order valence-electron chi connectivity index (χ2n) is 3.75. The number of fused-ring (bicyclic) bond motifs is 1. The predicted octanol–water partition coefficient (Wildman–Crippen LogP) is -1.61. The number of aliphatic hydroxyl groups excluding tert-OH is 1. The summed E-state index contributed by atoms with van der Waals surface area (Å²) >= 11 is 0. The molecule has 1 N–H and O–H groups in total. The van der Waals surface area contributed by atoms with Gasteiger partial charge >= 0.3 is 29.6 Å². The summed E-state index contributed by atoms with van der Waals surface area (Å²) in [7, 11) is -3.51. The van der Waals surface area contributed by atoms with Gasteiger partial charge in [0.1, 0.15) is 15.9 Å². The van der Waals surface area contributed by atoms with Crippen LogP contribution in [-0.2, 0) is 10.1 Å². The molecule has 0 radical (unpaired) electrons. The van der Waals surface area contributed by atoms with Crippen LogP contribution in [0.4, 0.5) is 0 Å². The largest absolute Gasteiger partial charge is 1.00 e. The zero-order chi connectivity index (χ0) is 13.3. The summed E-state index contributed by atoms with van der Waals surface area (Å²) in [4.78, 5) is 0. The molecule has 0 aliphatic carbocycles. The van der Waals surface area contributed by atoms with Gasteiger partial charge in [0, 0.05) is 5.56 Å². The average Bonchev–Trinajstić information content (AvgIpc) is 2.35. The van der Waals surface area contributed by atoms with Crippen molar-refractivity contribution in [3.05, 3.63) is 42.0 Å². The molecule has 0 amide bonds. The number of methoxy groups -OCH3 is 1. The first kappa shape index (κ1) is 16.4. The van der Waals surface area contributed by atoms with Gasteiger partial charge in [0.05, 0.1) is 7.11 Å². The smallest absolute Gasteiger partial charge is 0.746 e. The zero-order valence-corrected chi connectivity index (χ0v) is 13.3. The Morgan fingerprint density at radius 2 is 1.84 bits per heavy atom. The fourth-order valence-corrected chi connectivity index (χ4v) is 2.38. The van der Waals surface area contributed by atoms with E-state index in [0.717, 1.165) is 5.39 Å². The number of aliphatic hydroxyl groups is 1. The second kappa shape index (κ2) is 6.21. The number of ether oxygens (including phenoxy) is 1. The maximum atomic E-state index is 11.0. The minimum Gasteiger partial charge on any atom is -0.746 e. The maximum Gasteiger partial charge on any atom is 1.00 e. The molecule has 19 heavy (non-hydrogen) atoms. The molecular formula is C12H11NaO5S. The Hall–Kier alpha value is -0.630. The molecular weight excluding hydrogens is 279 g/mol. The fourth-order valence-electron chi connectivity index (χ4n) is 1.85. The van der Waals surface area contributed by atoms with Crippen LogP contribution in [0.15, 0.2) is 36.4 Å². The van der Waals surface area contributed by atoms with Gasteiger partial charge in [-0.3, -0.25) is 0 Å². The molecule has 0 saturated carbocycles. The minimum atomic E-state index is -4.85. The van der Waals surface area contributed by atoms with Crippen molar-refractivity contribution in [3.8, 4) is 5.75 Å². The average molecular weight is 290 g/mol. The molecule has 2 aromatic rings. The van der Waals surface area contributed by atoms with E-state index in [9.17, 15) is 18.1 Å². The van der Waals surface area contributed by atoms with Gasteiger partial charge in [0.25, 0.3) is 0 Å². The van der Waals surface area contributed by atoms with Crippen LogP contribution >= 0.6 is 0 Å². The Morgan fingerprint density at radius 1 is 1.21 bits per heavy atom. The second-order valence-corrected chi connectivity index (χ2v) is 5.18. The Bertz CT molecular complexity index is 684. The molecule has 2 aromatic carbocycles. The van der Waals surface area contributed by atoms with Crippen LogP contribution < -0.4 is 34.3 Å². The van der Waals surface area contributed by atoms with E-state index < -0.39 is 15.6 Å². The molecule has 0 aliphatic rings. The maximum absolute atomic E-state index is 11.0. The first-order valence-corrected chi connectivity index (χ1v) is 6.60. The third-order valence-electron chi connectivity index (χ3n) is 2.67. The molecule has 0 aromatic heterocycles. The van der Waals surface area contributed by atoms with Crippen molar-refractivity contribution in [1.82, 2.24) is 0 Å². The van der Waals surface area contributed by atoms with Gasteiger partial charge in [-0.15, -0.1) is 0 Å². The molecule has 0 bridgehead atoms. The molecule has 0 heterocycles. The third-order valence-corrected chi connectivity index (χ3v) is 3.45. The Morgan fingerprint density at radius 3 is 2.42 bits per heavy atom. The standard InChI is InChI=1S/C12H12O5S.Na/c1-17-10-7-6-8-4-2-3-5-9(8)11(10)12(13)18(14,15)16;/h2-7,12-13H,1H3,(H,14,15,16);/q;+1/p-1. The molecule has 96 valence electrons. The number of rotatable bonds is 3. The van der Waals surface area contributed by atoms with E-state index in [1.807, 2.05) is 0 Å². The van der Waals surface area contributed by atoms with Crippen molar-refractivity contribution in [2.75, 3.05) is 7.11 Å². The Kier molecular flexibility index (Phi) is 5.37. The fraction of sp³-hybridized carbons (Fsp3) is 0.167. The van der Waals surface area contributed by atoms with Crippen LogP contribution in [0.1, 0.15) is 11.0 Å². The summed E-state index contributed by atoms with van der Waals surface area (Å²) in [5.41, 5.74) is -2.16. The number of hydrogen-bond donors (Lipinski definition) is 1. The molecule has 2 rings (SSSR count). The topological polar surface area (TPSA) is 86.7 Å². The third kappa shape index (κ3) is 3.28. The summed E-state index contributed by atoms with van der Waals surface area (Å²) in [6.45, 7) is 0. The van der Waals surface area contributed by atoms with Crippen LogP contribution in [0.2, 0.25) is 0 Å². The van der Waals surface area contributed by atoms with Gasteiger partial charge in [-0.1, -0.05) is 30.3 Å². The van der Waals surface area contributed by atoms with E-state index in [4.69, 9.17) is 4.74 Å². The first-order chi connectivity index (χ1) is 8.45. The van der Waals surface area contributed by atoms with E-state index in [0.29, 0.717) is 5.39 Å². The number of benzene rings is 2. The minimum absolute atomic E-state index is 0. The molecule has 7 heteroatoms. The van der Waals surface area contributed by atoms with Crippen molar-refractivity contribution in [2.45, 2.75) is 5.44 Å². The molecule has 1 unspecified atom stereocenters. The molecule has 5 nitrogen and oxygen atoms in total. The van der Waals surface area contributed by atoms with Gasteiger partial charge in [-0.2, -0.15) is 0 Å². The van der Waals surface area contributed by atoms with Crippen molar-refractivity contribution < 1.29 is 52.4 Å². The van der Waals surface area contributed by atoms with Gasteiger partial charge < -0.3 is 14.4 Å². The van der Waals surface area contributed by atoms with Crippen molar-refractivity contribution in [2.24, 2.45) is 0 Å². The van der Waals surface area contributed by atoms with Crippen molar-refractivity contribution >= 4 is 20.9 Å². The van der Waals surface area contributed by atoms with E-state index in [2.05, 4.69) is 0 Å². The van der Waals surface area contributed by atoms with Crippen LogP contribution in [0.3, 0.4) is 0 Å². The van der Waals surface area contributed by atoms with Crippen LogP contribution in [0.5, 0.6) is 5.75 Å². The first-order valence-electron chi connectivity index (χ1n) is 5.13. The summed E-state index contributed by atoms with van der Waals surface area (Å²) in [5, 5.41) is 10.9. The molecule has 0 aliphatic heterocycles. The normalized spacial score (nSPS) is 12.8. The summed E-state index contributed by atoms with van der Waals surface area (Å²) < 4.78 is 38.0. The van der Waals surface area contributed by atoms with Gasteiger partial charge in [0.2, 0.25) is 0 Å². The molecule has 0 spiro atoms. The van der Waals surface area contributed by atoms with Crippen molar-refractivity contribution in [1.29, 1.82) is 0 Å². The summed E-state index contributed by atoms with van der Waals surface area (Å²) in [5.74, 6) is 0.167. The van der Waals surface area contributed by atoms with E-state index >= 15 is 0 Å². The predicted molar refractivity (Wildman–Crippen MR) is 65.2 cm³/mol. The van der Waals surface area contributed by atoms with Crippen molar-refractivity contribution in [3.63, 3.8) is 0 Å². The van der Waals surface area contributed by atoms with E-state index in [1.165, 1.54) is 13.2 Å². The zero-order valence-electron chi connectivity index (χ0n) is 10.5. The summed E-state index contributed by atoms with van der Waals surface area (Å²) in [6.07, 6.45) is 0.